The van der Waals surface area contributed by atoms with Crippen LogP contribution < -0.4 is 15.1 Å². The number of hydrogen-bond donors (Lipinski definition) is 2. The summed E-state index contributed by atoms with van der Waals surface area (Å²) < 4.78 is 0. The van der Waals surface area contributed by atoms with Crippen molar-refractivity contribution in [3.63, 3.8) is 0 Å². The summed E-state index contributed by atoms with van der Waals surface area (Å²) in [6.07, 6.45) is 9.85. The fourth-order valence-corrected chi connectivity index (χ4v) is 6.78. The van der Waals surface area contributed by atoms with E-state index in [1.807, 2.05) is 12.1 Å². The number of amides is 5. The van der Waals surface area contributed by atoms with Crippen LogP contribution in [-0.2, 0) is 9.59 Å². The zero-order chi connectivity index (χ0) is 29.9. The topological polar surface area (TPSA) is 127 Å². The standard InChI is InChI=1S/C32H38N4O6/c1-32(21-37,23-12-4-2-5-13-23)36-27-18-9-8-17-26(27)35(25-15-6-3-7-16-25)30(41)34(31(36)42)20-28(38)33-24-14-10-11-22(19-24)29(39)40/h8-11,14,17-19,21,23,25H,2-7,12-13,15-16,20H2,1H3,(H,33,38)(H,39,40). The number of hydrogen-bond acceptors (Lipinski definition) is 5. The molecule has 0 saturated heterocycles. The number of aromatic carboxylic acids is 1. The van der Waals surface area contributed by atoms with E-state index in [1.54, 1.807) is 30.0 Å². The molecule has 2 aromatic rings. The predicted octanol–water partition coefficient (Wildman–Crippen LogP) is 6.06. The summed E-state index contributed by atoms with van der Waals surface area (Å²) >= 11 is 0. The van der Waals surface area contributed by atoms with Crippen LogP contribution in [0, 0.1) is 5.92 Å². The average Bonchev–Trinajstić information content (AvgIpc) is 3.10. The SMILES string of the molecule is CC(C=O)(C1CCCCC1)N1C(=O)N(CC(=O)Nc2cccc(C(=O)O)c2)C(=O)N(C2CCCCC2)c2ccccc21. The summed E-state index contributed by atoms with van der Waals surface area (Å²) in [6, 6.07) is 11.5. The van der Waals surface area contributed by atoms with Gasteiger partial charge in [-0.05, 0) is 68.9 Å². The van der Waals surface area contributed by atoms with Crippen molar-refractivity contribution >= 4 is 47.3 Å². The molecule has 2 fully saturated rings. The third-order valence-corrected chi connectivity index (χ3v) is 9.03. The van der Waals surface area contributed by atoms with E-state index in [1.165, 1.54) is 23.1 Å². The van der Waals surface area contributed by atoms with Gasteiger partial charge in [0, 0.05) is 11.7 Å². The van der Waals surface area contributed by atoms with E-state index < -0.39 is 36.0 Å². The quantitative estimate of drug-likeness (QED) is 0.369. The lowest BCUT2D eigenvalue weighted by atomic mass is 9.75. The number of nitrogens with zero attached hydrogens (tertiary/aromatic N) is 3. The van der Waals surface area contributed by atoms with E-state index in [0.717, 1.165) is 75.4 Å². The first-order valence-corrected chi connectivity index (χ1v) is 14.9. The van der Waals surface area contributed by atoms with Crippen LogP contribution >= 0.6 is 0 Å². The van der Waals surface area contributed by atoms with Gasteiger partial charge >= 0.3 is 18.0 Å². The molecule has 2 N–H and O–H groups in total. The molecule has 10 nitrogen and oxygen atoms in total. The molecule has 5 amide bonds. The minimum Gasteiger partial charge on any atom is -0.478 e. The molecule has 1 aliphatic heterocycles. The van der Waals surface area contributed by atoms with Gasteiger partial charge in [-0.15, -0.1) is 0 Å². The molecule has 0 radical (unpaired) electrons. The number of fused-ring (bicyclic) bond motifs is 1. The number of nitrogens with one attached hydrogen (secondary N) is 1. The highest BCUT2D eigenvalue weighted by molar-refractivity contribution is 6.17. The van der Waals surface area contributed by atoms with E-state index in [2.05, 4.69) is 5.32 Å². The number of carbonyl (C=O) groups excluding carboxylic acids is 4. The third kappa shape index (κ3) is 5.62. The van der Waals surface area contributed by atoms with Gasteiger partial charge in [0.1, 0.15) is 18.4 Å². The van der Waals surface area contributed by atoms with Crippen molar-refractivity contribution in [3.8, 4) is 0 Å². The molecule has 0 aromatic heterocycles. The van der Waals surface area contributed by atoms with Crippen molar-refractivity contribution in [1.82, 2.24) is 4.90 Å². The molecule has 1 heterocycles. The van der Waals surface area contributed by atoms with E-state index in [-0.39, 0.29) is 23.2 Å². The largest absolute Gasteiger partial charge is 0.478 e. The minimum absolute atomic E-state index is 0.00550. The number of imide groups is 1. The first kappa shape index (κ1) is 29.3. The fraction of sp³-hybridized carbons (Fsp3) is 0.469. The van der Waals surface area contributed by atoms with E-state index in [4.69, 9.17) is 0 Å². The number of carboxylic acid groups (broad SMARTS) is 1. The lowest BCUT2D eigenvalue weighted by Gasteiger charge is -2.44. The highest BCUT2D eigenvalue weighted by Gasteiger charge is 2.50. The molecule has 2 saturated carbocycles. The number of benzene rings is 2. The maximum absolute atomic E-state index is 14.5. The van der Waals surface area contributed by atoms with Crippen LogP contribution in [0.1, 0.15) is 81.5 Å². The van der Waals surface area contributed by atoms with Gasteiger partial charge in [-0.3, -0.25) is 14.6 Å². The molecule has 0 spiro atoms. The number of rotatable bonds is 8. The van der Waals surface area contributed by atoms with Crippen LogP contribution in [0.15, 0.2) is 48.5 Å². The fourth-order valence-electron chi connectivity index (χ4n) is 6.78. The van der Waals surface area contributed by atoms with Crippen molar-refractivity contribution < 1.29 is 29.1 Å². The summed E-state index contributed by atoms with van der Waals surface area (Å²) in [5, 5.41) is 12.0. The first-order chi connectivity index (χ1) is 20.2. The molecule has 10 heteroatoms. The highest BCUT2D eigenvalue weighted by atomic mass is 16.4. The average molecular weight is 575 g/mol. The Morgan fingerprint density at radius 3 is 2.19 bits per heavy atom. The van der Waals surface area contributed by atoms with Gasteiger partial charge in [0.05, 0.1) is 16.9 Å². The molecule has 2 aromatic carbocycles. The second kappa shape index (κ2) is 12.3. The zero-order valence-corrected chi connectivity index (χ0v) is 24.0. The molecular formula is C32H38N4O6. The number of anilines is 3. The highest BCUT2D eigenvalue weighted by Crippen LogP contribution is 2.44. The number of aldehydes is 1. The van der Waals surface area contributed by atoms with Gasteiger partial charge < -0.3 is 15.2 Å². The Morgan fingerprint density at radius 2 is 1.55 bits per heavy atom. The van der Waals surface area contributed by atoms with Crippen molar-refractivity contribution in [2.45, 2.75) is 82.7 Å². The van der Waals surface area contributed by atoms with Crippen LogP contribution in [0.3, 0.4) is 0 Å². The van der Waals surface area contributed by atoms with Crippen molar-refractivity contribution in [1.29, 1.82) is 0 Å². The van der Waals surface area contributed by atoms with E-state index in [9.17, 15) is 29.1 Å². The summed E-state index contributed by atoms with van der Waals surface area (Å²) in [7, 11) is 0. The predicted molar refractivity (Wildman–Crippen MR) is 159 cm³/mol. The van der Waals surface area contributed by atoms with E-state index >= 15 is 0 Å². The Balaban J connectivity index is 1.56. The number of carbonyl (C=O) groups is 5. The van der Waals surface area contributed by atoms with E-state index in [0.29, 0.717) is 11.4 Å². The lowest BCUT2D eigenvalue weighted by Crippen LogP contribution is -2.61. The van der Waals surface area contributed by atoms with Crippen LogP contribution in [0.4, 0.5) is 26.7 Å². The molecule has 42 heavy (non-hydrogen) atoms. The van der Waals surface area contributed by atoms with Crippen molar-refractivity contribution in [2.75, 3.05) is 21.7 Å². The molecule has 5 rings (SSSR count). The Kier molecular flexibility index (Phi) is 8.61. The second-order valence-electron chi connectivity index (χ2n) is 11.7. The molecular weight excluding hydrogens is 536 g/mol. The van der Waals surface area contributed by atoms with Gasteiger partial charge in [0.2, 0.25) is 5.91 Å². The Bertz CT molecular complexity index is 1370. The van der Waals surface area contributed by atoms with Crippen LogP contribution in [-0.4, -0.2) is 58.4 Å². The molecule has 222 valence electrons. The Hall–Kier alpha value is -4.21. The van der Waals surface area contributed by atoms with Crippen LogP contribution in [0.5, 0.6) is 0 Å². The van der Waals surface area contributed by atoms with Gasteiger partial charge in [-0.25, -0.2) is 19.3 Å². The van der Waals surface area contributed by atoms with Gasteiger partial charge in [0.15, 0.2) is 0 Å². The normalized spacial score (nSPS) is 20.0. The van der Waals surface area contributed by atoms with Gasteiger partial charge in [-0.2, -0.15) is 0 Å². The summed E-state index contributed by atoms with van der Waals surface area (Å²) in [6.45, 7) is 1.17. The maximum Gasteiger partial charge on any atom is 0.335 e. The summed E-state index contributed by atoms with van der Waals surface area (Å²) in [4.78, 5) is 70.6. The number of carboxylic acids is 1. The second-order valence-corrected chi connectivity index (χ2v) is 11.7. The first-order valence-electron chi connectivity index (χ1n) is 14.9. The molecule has 3 aliphatic rings. The molecule has 2 aliphatic carbocycles. The zero-order valence-electron chi connectivity index (χ0n) is 24.0. The van der Waals surface area contributed by atoms with Crippen LogP contribution in [0.2, 0.25) is 0 Å². The summed E-state index contributed by atoms with van der Waals surface area (Å²) in [5.41, 5.74) is 0.0383. The van der Waals surface area contributed by atoms with Crippen molar-refractivity contribution in [2.24, 2.45) is 5.92 Å². The molecule has 0 bridgehead atoms. The Labute approximate surface area is 245 Å². The number of para-hydroxylation sites is 2. The third-order valence-electron chi connectivity index (χ3n) is 9.03. The van der Waals surface area contributed by atoms with Gasteiger partial charge in [-0.1, -0.05) is 56.7 Å². The molecule has 1 unspecified atom stereocenters. The van der Waals surface area contributed by atoms with Crippen molar-refractivity contribution in [3.05, 3.63) is 54.1 Å². The van der Waals surface area contributed by atoms with Crippen LogP contribution in [0.25, 0.3) is 0 Å². The molecule has 1 atom stereocenters. The lowest BCUT2D eigenvalue weighted by molar-refractivity contribution is -0.116. The summed E-state index contributed by atoms with van der Waals surface area (Å²) in [5.74, 6) is -1.90. The smallest absolute Gasteiger partial charge is 0.335 e. The maximum atomic E-state index is 14.5. The monoisotopic (exact) mass is 574 g/mol. The number of urea groups is 2. The minimum atomic E-state index is -1.24. The Morgan fingerprint density at radius 1 is 0.905 bits per heavy atom. The van der Waals surface area contributed by atoms with Gasteiger partial charge in [0.25, 0.3) is 0 Å².